The summed E-state index contributed by atoms with van der Waals surface area (Å²) in [7, 11) is 2.09. The number of nitrogens with zero attached hydrogens (tertiary/aromatic N) is 1. The van der Waals surface area contributed by atoms with Gasteiger partial charge in [0.1, 0.15) is 0 Å². The lowest BCUT2D eigenvalue weighted by Crippen LogP contribution is -2.50. The monoisotopic (exact) mass is 267 g/mol. The van der Waals surface area contributed by atoms with Crippen LogP contribution < -0.4 is 11.1 Å². The van der Waals surface area contributed by atoms with E-state index in [1.165, 1.54) is 12.8 Å². The van der Waals surface area contributed by atoms with Crippen molar-refractivity contribution in [2.45, 2.75) is 31.4 Å². The Morgan fingerprint density at radius 2 is 2.21 bits per heavy atom. The second-order valence-corrected chi connectivity index (χ2v) is 6.44. The predicted octanol–water partition coefficient (Wildman–Crippen LogP) is -0.193. The van der Waals surface area contributed by atoms with Crippen molar-refractivity contribution in [3.8, 4) is 0 Å². The lowest BCUT2D eigenvalue weighted by Gasteiger charge is -2.31. The van der Waals surface area contributed by atoms with E-state index in [0.717, 1.165) is 26.1 Å². The lowest BCUT2D eigenvalue weighted by molar-refractivity contribution is -0.128. The van der Waals surface area contributed by atoms with Gasteiger partial charge in [0, 0.05) is 25.7 Å². The summed E-state index contributed by atoms with van der Waals surface area (Å²) >= 11 is 0. The third kappa shape index (κ3) is 2.64. The van der Waals surface area contributed by atoms with Gasteiger partial charge in [-0.2, -0.15) is 0 Å². The van der Waals surface area contributed by atoms with E-state index in [1.54, 1.807) is 0 Å². The first-order chi connectivity index (χ1) is 9.15. The molecular weight excluding hydrogens is 242 g/mol. The highest BCUT2D eigenvalue weighted by Crippen LogP contribution is 2.47. The van der Waals surface area contributed by atoms with Crippen molar-refractivity contribution < 1.29 is 9.53 Å². The van der Waals surface area contributed by atoms with Gasteiger partial charge in [-0.3, -0.25) is 4.79 Å². The van der Waals surface area contributed by atoms with Crippen molar-refractivity contribution >= 4 is 5.91 Å². The van der Waals surface area contributed by atoms with Gasteiger partial charge in [-0.1, -0.05) is 0 Å². The van der Waals surface area contributed by atoms with Crippen LogP contribution >= 0.6 is 0 Å². The third-order valence-corrected chi connectivity index (χ3v) is 5.13. The normalized spacial score (nSPS) is 42.5. The third-order valence-electron chi connectivity index (χ3n) is 5.13. The number of ether oxygens (including phenoxy) is 1. The molecule has 5 atom stereocenters. The van der Waals surface area contributed by atoms with Gasteiger partial charge in [-0.15, -0.1) is 0 Å². The van der Waals surface area contributed by atoms with Gasteiger partial charge in [0.05, 0.1) is 18.6 Å². The van der Waals surface area contributed by atoms with E-state index in [9.17, 15) is 4.79 Å². The number of amides is 1. The fourth-order valence-electron chi connectivity index (χ4n) is 4.05. The number of nitrogens with one attached hydrogen (secondary N) is 1. The van der Waals surface area contributed by atoms with Gasteiger partial charge in [-0.05, 0) is 38.1 Å². The van der Waals surface area contributed by atoms with Gasteiger partial charge in [0.15, 0.2) is 0 Å². The Morgan fingerprint density at radius 3 is 2.89 bits per heavy atom. The SMILES string of the molecule is CN1CCOC(CNC(=O)C2C3CCC(C3)C2N)C1. The van der Waals surface area contributed by atoms with E-state index in [0.29, 0.717) is 18.4 Å². The zero-order valence-corrected chi connectivity index (χ0v) is 11.7. The van der Waals surface area contributed by atoms with Crippen LogP contribution in [-0.4, -0.2) is 56.2 Å². The smallest absolute Gasteiger partial charge is 0.225 e. The molecule has 2 aliphatic carbocycles. The van der Waals surface area contributed by atoms with Crippen molar-refractivity contribution in [1.29, 1.82) is 0 Å². The summed E-state index contributed by atoms with van der Waals surface area (Å²) in [5, 5.41) is 3.06. The van der Waals surface area contributed by atoms with Crippen LogP contribution in [0.3, 0.4) is 0 Å². The fraction of sp³-hybridized carbons (Fsp3) is 0.929. The number of carbonyl (C=O) groups is 1. The second-order valence-electron chi connectivity index (χ2n) is 6.44. The number of morpholine rings is 1. The average Bonchev–Trinajstić information content (AvgIpc) is 2.97. The van der Waals surface area contributed by atoms with Crippen LogP contribution in [0.4, 0.5) is 0 Å². The summed E-state index contributed by atoms with van der Waals surface area (Å²) in [5.41, 5.74) is 6.20. The Balaban J connectivity index is 1.49. The molecule has 108 valence electrons. The minimum Gasteiger partial charge on any atom is -0.374 e. The molecule has 0 spiro atoms. The van der Waals surface area contributed by atoms with Crippen molar-refractivity contribution in [3.05, 3.63) is 0 Å². The van der Waals surface area contributed by atoms with Crippen LogP contribution in [0.2, 0.25) is 0 Å². The van der Waals surface area contributed by atoms with Gasteiger partial charge in [0.25, 0.3) is 0 Å². The van der Waals surface area contributed by atoms with Crippen molar-refractivity contribution in [2.75, 3.05) is 33.3 Å². The summed E-state index contributed by atoms with van der Waals surface area (Å²) in [6, 6.07) is 0.0775. The topological polar surface area (TPSA) is 67.6 Å². The van der Waals surface area contributed by atoms with Crippen molar-refractivity contribution in [1.82, 2.24) is 10.2 Å². The van der Waals surface area contributed by atoms with Crippen LogP contribution in [-0.2, 0) is 9.53 Å². The molecule has 5 unspecified atom stereocenters. The summed E-state index contributed by atoms with van der Waals surface area (Å²) in [6.45, 7) is 3.24. The van der Waals surface area contributed by atoms with Crippen LogP contribution in [0, 0.1) is 17.8 Å². The summed E-state index contributed by atoms with van der Waals surface area (Å²) < 4.78 is 5.66. The summed E-state index contributed by atoms with van der Waals surface area (Å²) in [5.74, 6) is 1.30. The van der Waals surface area contributed by atoms with Gasteiger partial charge >= 0.3 is 0 Å². The molecule has 0 radical (unpaired) electrons. The van der Waals surface area contributed by atoms with Crippen LogP contribution in [0.1, 0.15) is 19.3 Å². The molecule has 2 saturated carbocycles. The Kier molecular flexibility index (Phi) is 3.78. The Labute approximate surface area is 114 Å². The van der Waals surface area contributed by atoms with E-state index >= 15 is 0 Å². The van der Waals surface area contributed by atoms with E-state index in [1.807, 2.05) is 0 Å². The number of likely N-dealkylation sites (N-methyl/N-ethyl adjacent to an activating group) is 1. The van der Waals surface area contributed by atoms with Gasteiger partial charge in [0.2, 0.25) is 5.91 Å². The number of rotatable bonds is 3. The van der Waals surface area contributed by atoms with E-state index in [4.69, 9.17) is 10.5 Å². The lowest BCUT2D eigenvalue weighted by atomic mass is 9.84. The molecule has 5 heteroatoms. The first-order valence-corrected chi connectivity index (χ1v) is 7.48. The zero-order chi connectivity index (χ0) is 13.4. The van der Waals surface area contributed by atoms with Crippen molar-refractivity contribution in [3.63, 3.8) is 0 Å². The van der Waals surface area contributed by atoms with Gasteiger partial charge < -0.3 is 20.7 Å². The maximum atomic E-state index is 12.3. The highest BCUT2D eigenvalue weighted by Gasteiger charge is 2.49. The number of hydrogen-bond donors (Lipinski definition) is 2. The largest absolute Gasteiger partial charge is 0.374 e. The van der Waals surface area contributed by atoms with Crippen LogP contribution in [0.25, 0.3) is 0 Å². The van der Waals surface area contributed by atoms with E-state index < -0.39 is 0 Å². The van der Waals surface area contributed by atoms with E-state index in [-0.39, 0.29) is 24.0 Å². The van der Waals surface area contributed by atoms with Gasteiger partial charge in [-0.25, -0.2) is 0 Å². The quantitative estimate of drug-likeness (QED) is 0.743. The van der Waals surface area contributed by atoms with Crippen LogP contribution in [0.15, 0.2) is 0 Å². The second kappa shape index (κ2) is 5.38. The molecule has 0 aromatic carbocycles. The first-order valence-electron chi connectivity index (χ1n) is 7.48. The minimum absolute atomic E-state index is 0.0417. The standard InChI is InChI=1S/C14H25N3O2/c1-17-4-5-19-11(8-17)7-16-14(18)12-9-2-3-10(6-9)13(12)15/h9-13H,2-8,15H2,1H3,(H,16,18). The maximum absolute atomic E-state index is 12.3. The molecule has 1 heterocycles. The average molecular weight is 267 g/mol. The highest BCUT2D eigenvalue weighted by molar-refractivity contribution is 5.80. The molecule has 5 nitrogen and oxygen atoms in total. The zero-order valence-electron chi connectivity index (χ0n) is 11.7. The Morgan fingerprint density at radius 1 is 1.42 bits per heavy atom. The number of hydrogen-bond acceptors (Lipinski definition) is 4. The van der Waals surface area contributed by atoms with Crippen molar-refractivity contribution in [2.24, 2.45) is 23.5 Å². The molecule has 1 amide bonds. The molecule has 3 fully saturated rings. The molecule has 2 bridgehead atoms. The van der Waals surface area contributed by atoms with E-state index in [2.05, 4.69) is 17.3 Å². The molecule has 3 rings (SSSR count). The molecule has 0 aromatic rings. The summed E-state index contributed by atoms with van der Waals surface area (Å²) in [6.07, 6.45) is 3.67. The number of carbonyl (C=O) groups excluding carboxylic acids is 1. The number of fused-ring (bicyclic) bond motifs is 2. The number of nitrogens with two attached hydrogens (primary N) is 1. The molecule has 0 aromatic heterocycles. The molecule has 1 aliphatic heterocycles. The fourth-order valence-corrected chi connectivity index (χ4v) is 4.05. The Bertz CT molecular complexity index is 348. The highest BCUT2D eigenvalue weighted by atomic mass is 16.5. The molecule has 1 saturated heterocycles. The maximum Gasteiger partial charge on any atom is 0.225 e. The minimum atomic E-state index is 0.0417. The predicted molar refractivity (Wildman–Crippen MR) is 72.5 cm³/mol. The molecule has 3 aliphatic rings. The van der Waals surface area contributed by atoms with Crippen LogP contribution in [0.5, 0.6) is 0 Å². The summed E-state index contributed by atoms with van der Waals surface area (Å²) in [4.78, 5) is 14.5. The molecular formula is C14H25N3O2. The molecule has 3 N–H and O–H groups in total. The molecule has 19 heavy (non-hydrogen) atoms. The first kappa shape index (κ1) is 13.3. The Hall–Kier alpha value is -0.650.